The number of ether oxygens (including phenoxy) is 2. The quantitative estimate of drug-likeness (QED) is 0.447. The third-order valence-corrected chi connectivity index (χ3v) is 4.34. The lowest BCUT2D eigenvalue weighted by atomic mass is 10.2. The molecule has 26 heavy (non-hydrogen) atoms. The molecule has 0 spiro atoms. The van der Waals surface area contributed by atoms with Crippen LogP contribution in [-0.2, 0) is 0 Å². The molecule has 0 aliphatic rings. The average molecular weight is 367 g/mol. The van der Waals surface area contributed by atoms with Crippen LogP contribution in [0.25, 0.3) is 11.3 Å². The van der Waals surface area contributed by atoms with Gasteiger partial charge in [-0.05, 0) is 30.2 Å². The highest BCUT2D eigenvalue weighted by Crippen LogP contribution is 2.28. The first-order valence-corrected chi connectivity index (χ1v) is 9.29. The zero-order valence-corrected chi connectivity index (χ0v) is 15.6. The Kier molecular flexibility index (Phi) is 6.22. The van der Waals surface area contributed by atoms with Crippen molar-refractivity contribution in [2.24, 2.45) is 5.10 Å². The van der Waals surface area contributed by atoms with Gasteiger partial charge in [-0.15, -0.1) is 11.3 Å². The number of nitrogens with one attached hydrogen (secondary N) is 1. The van der Waals surface area contributed by atoms with Crippen molar-refractivity contribution < 1.29 is 9.47 Å². The molecule has 5 nitrogen and oxygen atoms in total. The van der Waals surface area contributed by atoms with E-state index in [1.807, 2.05) is 53.9 Å². The number of nitrogens with zero attached hydrogens (tertiary/aromatic N) is 2. The molecule has 1 heterocycles. The second-order valence-corrected chi connectivity index (χ2v) is 6.39. The van der Waals surface area contributed by atoms with Crippen molar-refractivity contribution in [3.8, 4) is 22.8 Å². The van der Waals surface area contributed by atoms with Crippen molar-refractivity contribution in [3.05, 3.63) is 59.5 Å². The zero-order valence-electron chi connectivity index (χ0n) is 14.8. The molecule has 2 aromatic carbocycles. The monoisotopic (exact) mass is 367 g/mol. The van der Waals surface area contributed by atoms with E-state index in [1.54, 1.807) is 13.3 Å². The molecule has 0 radical (unpaired) electrons. The molecule has 0 aliphatic carbocycles. The van der Waals surface area contributed by atoms with Gasteiger partial charge in [0.05, 0.1) is 25.6 Å². The van der Waals surface area contributed by atoms with Gasteiger partial charge < -0.3 is 9.47 Å². The van der Waals surface area contributed by atoms with Crippen molar-refractivity contribution in [1.82, 2.24) is 4.98 Å². The van der Waals surface area contributed by atoms with E-state index in [4.69, 9.17) is 9.47 Å². The summed E-state index contributed by atoms with van der Waals surface area (Å²) < 4.78 is 11.0. The van der Waals surface area contributed by atoms with Crippen LogP contribution in [0.4, 0.5) is 5.13 Å². The second-order valence-electron chi connectivity index (χ2n) is 5.53. The topological polar surface area (TPSA) is 55.7 Å². The molecule has 0 atom stereocenters. The molecule has 0 amide bonds. The first-order valence-electron chi connectivity index (χ1n) is 8.41. The van der Waals surface area contributed by atoms with Crippen LogP contribution >= 0.6 is 11.3 Å². The molecule has 0 saturated heterocycles. The van der Waals surface area contributed by atoms with Crippen LogP contribution in [0, 0.1) is 0 Å². The van der Waals surface area contributed by atoms with Gasteiger partial charge in [0.2, 0.25) is 5.13 Å². The highest BCUT2D eigenvalue weighted by atomic mass is 32.1. The maximum Gasteiger partial charge on any atom is 0.203 e. The van der Waals surface area contributed by atoms with Crippen LogP contribution in [0.3, 0.4) is 0 Å². The van der Waals surface area contributed by atoms with E-state index in [0.29, 0.717) is 12.4 Å². The van der Waals surface area contributed by atoms with Gasteiger partial charge in [-0.2, -0.15) is 5.10 Å². The molecule has 0 aliphatic heterocycles. The summed E-state index contributed by atoms with van der Waals surface area (Å²) in [5.41, 5.74) is 5.92. The molecular weight excluding hydrogens is 346 g/mol. The first kappa shape index (κ1) is 17.9. The minimum atomic E-state index is 0.666. The molecule has 1 N–H and O–H groups in total. The van der Waals surface area contributed by atoms with Gasteiger partial charge in [0.25, 0.3) is 0 Å². The maximum absolute atomic E-state index is 5.66. The standard InChI is InChI=1S/C20H21N3O2S/c1-3-11-25-18-10-9-15(12-19(18)24-2)13-21-23-20-22-17(14-26-20)16-7-5-4-6-8-16/h4-10,12-14H,3,11H2,1-2H3,(H,22,23)/b21-13+. The van der Waals surface area contributed by atoms with Crippen molar-refractivity contribution in [2.45, 2.75) is 13.3 Å². The molecule has 6 heteroatoms. The van der Waals surface area contributed by atoms with E-state index in [2.05, 4.69) is 22.4 Å². The third kappa shape index (κ3) is 4.61. The zero-order chi connectivity index (χ0) is 18.2. The van der Waals surface area contributed by atoms with Crippen molar-refractivity contribution in [3.63, 3.8) is 0 Å². The van der Waals surface area contributed by atoms with E-state index < -0.39 is 0 Å². The first-order chi connectivity index (χ1) is 12.8. The van der Waals surface area contributed by atoms with Gasteiger partial charge in [-0.1, -0.05) is 37.3 Å². The number of hydrogen-bond acceptors (Lipinski definition) is 6. The number of anilines is 1. The third-order valence-electron chi connectivity index (χ3n) is 3.60. The van der Waals surface area contributed by atoms with E-state index >= 15 is 0 Å². The number of methoxy groups -OCH3 is 1. The summed E-state index contributed by atoms with van der Waals surface area (Å²) >= 11 is 1.52. The predicted octanol–water partition coefficient (Wildman–Crippen LogP) is 5.05. The molecule has 0 saturated carbocycles. The van der Waals surface area contributed by atoms with E-state index in [-0.39, 0.29) is 0 Å². The summed E-state index contributed by atoms with van der Waals surface area (Å²) in [6.45, 7) is 2.74. The van der Waals surface area contributed by atoms with Gasteiger partial charge in [0.1, 0.15) is 0 Å². The van der Waals surface area contributed by atoms with Crippen LogP contribution in [-0.4, -0.2) is 24.9 Å². The maximum atomic E-state index is 5.66. The van der Waals surface area contributed by atoms with E-state index in [9.17, 15) is 0 Å². The fourth-order valence-corrected chi connectivity index (χ4v) is 2.99. The molecule has 3 rings (SSSR count). The lowest BCUT2D eigenvalue weighted by Gasteiger charge is -2.10. The Labute approximate surface area is 157 Å². The highest BCUT2D eigenvalue weighted by molar-refractivity contribution is 7.14. The van der Waals surface area contributed by atoms with Gasteiger partial charge in [-0.3, -0.25) is 5.43 Å². The predicted molar refractivity (Wildman–Crippen MR) is 108 cm³/mol. The van der Waals surface area contributed by atoms with Gasteiger partial charge in [0.15, 0.2) is 11.5 Å². The highest BCUT2D eigenvalue weighted by Gasteiger charge is 2.05. The second kappa shape index (κ2) is 9.01. The summed E-state index contributed by atoms with van der Waals surface area (Å²) in [4.78, 5) is 4.54. The number of rotatable bonds is 8. The summed E-state index contributed by atoms with van der Waals surface area (Å²) in [6.07, 6.45) is 2.69. The molecule has 0 fully saturated rings. The van der Waals surface area contributed by atoms with Crippen molar-refractivity contribution in [2.75, 3.05) is 19.1 Å². The number of hydrazone groups is 1. The molecule has 1 aromatic heterocycles. The smallest absolute Gasteiger partial charge is 0.203 e. The summed E-state index contributed by atoms with van der Waals surface area (Å²) in [6, 6.07) is 15.8. The Bertz CT molecular complexity index is 863. The van der Waals surface area contributed by atoms with E-state index in [0.717, 1.165) is 34.1 Å². The Morgan fingerprint density at radius 2 is 2.00 bits per heavy atom. The van der Waals surface area contributed by atoms with Gasteiger partial charge in [-0.25, -0.2) is 4.98 Å². The minimum Gasteiger partial charge on any atom is -0.493 e. The van der Waals surface area contributed by atoms with E-state index in [1.165, 1.54) is 11.3 Å². The van der Waals surface area contributed by atoms with Crippen LogP contribution in [0.1, 0.15) is 18.9 Å². The van der Waals surface area contributed by atoms with Crippen LogP contribution in [0.5, 0.6) is 11.5 Å². The fraction of sp³-hybridized carbons (Fsp3) is 0.200. The number of benzene rings is 2. The van der Waals surface area contributed by atoms with Crippen LogP contribution < -0.4 is 14.9 Å². The lowest BCUT2D eigenvalue weighted by Crippen LogP contribution is -1.98. The normalized spacial score (nSPS) is 10.8. The Morgan fingerprint density at radius 3 is 2.77 bits per heavy atom. The average Bonchev–Trinajstić information content (AvgIpc) is 3.16. The Hall–Kier alpha value is -2.86. The minimum absolute atomic E-state index is 0.666. The summed E-state index contributed by atoms with van der Waals surface area (Å²) in [5.74, 6) is 1.44. The van der Waals surface area contributed by atoms with Crippen LogP contribution in [0.15, 0.2) is 59.0 Å². The van der Waals surface area contributed by atoms with Gasteiger partial charge in [0, 0.05) is 10.9 Å². The fourth-order valence-electron chi connectivity index (χ4n) is 2.32. The largest absolute Gasteiger partial charge is 0.493 e. The summed E-state index contributed by atoms with van der Waals surface area (Å²) in [5, 5.41) is 7.02. The molecule has 0 unspecified atom stereocenters. The molecule has 0 bridgehead atoms. The number of aromatic nitrogens is 1. The molecule has 3 aromatic rings. The molecule has 134 valence electrons. The van der Waals surface area contributed by atoms with Crippen molar-refractivity contribution in [1.29, 1.82) is 0 Å². The Morgan fingerprint density at radius 1 is 1.15 bits per heavy atom. The number of hydrogen-bond donors (Lipinski definition) is 1. The van der Waals surface area contributed by atoms with Gasteiger partial charge >= 0.3 is 0 Å². The number of thiazole rings is 1. The molecular formula is C20H21N3O2S. The van der Waals surface area contributed by atoms with Crippen LogP contribution in [0.2, 0.25) is 0 Å². The Balaban J connectivity index is 1.64. The SMILES string of the molecule is CCCOc1ccc(/C=N/Nc2nc(-c3ccccc3)cs2)cc1OC. The lowest BCUT2D eigenvalue weighted by molar-refractivity contribution is 0.294. The summed E-state index contributed by atoms with van der Waals surface area (Å²) in [7, 11) is 1.63. The van der Waals surface area contributed by atoms with Crippen molar-refractivity contribution >= 4 is 22.7 Å².